The summed E-state index contributed by atoms with van der Waals surface area (Å²) >= 11 is 1.68. The van der Waals surface area contributed by atoms with Gasteiger partial charge in [0.25, 0.3) is 0 Å². The molecule has 3 N–H and O–H groups in total. The van der Waals surface area contributed by atoms with E-state index in [2.05, 4.69) is 5.32 Å². The lowest BCUT2D eigenvalue weighted by Crippen LogP contribution is -2.41. The number of carbonyl (C=O) groups excluding carboxylic acids is 2. The molecular formula is C17H25N3O2S. The molecule has 2 amide bonds. The van der Waals surface area contributed by atoms with E-state index in [0.717, 1.165) is 30.0 Å². The van der Waals surface area contributed by atoms with E-state index in [4.69, 9.17) is 5.73 Å². The van der Waals surface area contributed by atoms with Gasteiger partial charge < -0.3 is 16.0 Å². The van der Waals surface area contributed by atoms with Crippen molar-refractivity contribution < 1.29 is 9.59 Å². The van der Waals surface area contributed by atoms with E-state index in [1.54, 1.807) is 11.8 Å². The zero-order valence-corrected chi connectivity index (χ0v) is 14.6. The highest BCUT2D eigenvalue weighted by Gasteiger charge is 2.22. The third kappa shape index (κ3) is 4.72. The van der Waals surface area contributed by atoms with Crippen LogP contribution in [0.4, 0.5) is 5.69 Å². The molecule has 0 saturated carbocycles. The number of benzene rings is 1. The Bertz CT molecular complexity index is 547. The van der Waals surface area contributed by atoms with Crippen LogP contribution in [0.5, 0.6) is 0 Å². The van der Waals surface area contributed by atoms with E-state index in [1.165, 1.54) is 0 Å². The van der Waals surface area contributed by atoms with Gasteiger partial charge in [0.2, 0.25) is 11.8 Å². The number of carbonyl (C=O) groups is 2. The van der Waals surface area contributed by atoms with Crippen LogP contribution < -0.4 is 16.0 Å². The van der Waals surface area contributed by atoms with Crippen molar-refractivity contribution in [3.63, 3.8) is 0 Å². The van der Waals surface area contributed by atoms with Crippen LogP contribution in [0.3, 0.4) is 0 Å². The zero-order valence-electron chi connectivity index (χ0n) is 13.7. The topological polar surface area (TPSA) is 75.4 Å². The predicted octanol–water partition coefficient (Wildman–Crippen LogP) is 2.07. The number of rotatable bonds is 7. The minimum atomic E-state index is -0.466. The molecule has 2 rings (SSSR count). The van der Waals surface area contributed by atoms with Gasteiger partial charge in [-0.15, -0.1) is 0 Å². The number of thioether (sulfide) groups is 1. The van der Waals surface area contributed by atoms with Crippen LogP contribution in [0.25, 0.3) is 0 Å². The van der Waals surface area contributed by atoms with Crippen molar-refractivity contribution in [1.29, 1.82) is 0 Å². The van der Waals surface area contributed by atoms with E-state index in [1.807, 2.05) is 42.3 Å². The Balaban J connectivity index is 1.93. The van der Waals surface area contributed by atoms with Gasteiger partial charge in [0.15, 0.2) is 0 Å². The highest BCUT2D eigenvalue weighted by atomic mass is 32.2. The number of hydrogen-bond acceptors (Lipinski definition) is 4. The standard InChI is InChI=1S/C17H25N3O2S/c1-12(19-17(22)15(18)9-11-23-2)13-5-7-14(8-6-13)20-10-3-4-16(20)21/h5-8,12,15H,3-4,9-11,18H2,1-2H3,(H,19,22)/t12?,15-/m0/s1. The molecule has 0 radical (unpaired) electrons. The summed E-state index contributed by atoms with van der Waals surface area (Å²) in [5.41, 5.74) is 7.81. The van der Waals surface area contributed by atoms with Crippen molar-refractivity contribution in [2.45, 2.75) is 38.3 Å². The van der Waals surface area contributed by atoms with Crippen LogP contribution in [0, 0.1) is 0 Å². The molecule has 0 aliphatic carbocycles. The zero-order chi connectivity index (χ0) is 16.8. The number of anilines is 1. The molecule has 1 aliphatic rings. The summed E-state index contributed by atoms with van der Waals surface area (Å²) in [6.45, 7) is 2.73. The van der Waals surface area contributed by atoms with Gasteiger partial charge in [-0.1, -0.05) is 12.1 Å². The Morgan fingerprint density at radius 1 is 1.39 bits per heavy atom. The van der Waals surface area contributed by atoms with Crippen molar-refractivity contribution >= 4 is 29.3 Å². The molecule has 126 valence electrons. The van der Waals surface area contributed by atoms with Crippen LogP contribution in [0.1, 0.15) is 37.8 Å². The van der Waals surface area contributed by atoms with Crippen molar-refractivity contribution in [3.05, 3.63) is 29.8 Å². The summed E-state index contributed by atoms with van der Waals surface area (Å²) < 4.78 is 0. The van der Waals surface area contributed by atoms with Crippen molar-refractivity contribution in [3.8, 4) is 0 Å². The molecule has 1 aromatic carbocycles. The first-order valence-corrected chi connectivity index (χ1v) is 9.37. The summed E-state index contributed by atoms with van der Waals surface area (Å²) in [6, 6.07) is 7.22. The lowest BCUT2D eigenvalue weighted by Gasteiger charge is -2.20. The number of nitrogens with two attached hydrogens (primary N) is 1. The molecule has 1 aliphatic heterocycles. The summed E-state index contributed by atoms with van der Waals surface area (Å²) in [7, 11) is 0. The molecule has 23 heavy (non-hydrogen) atoms. The van der Waals surface area contributed by atoms with Gasteiger partial charge >= 0.3 is 0 Å². The minimum Gasteiger partial charge on any atom is -0.348 e. The molecular weight excluding hydrogens is 310 g/mol. The average Bonchev–Trinajstić information content (AvgIpc) is 2.98. The van der Waals surface area contributed by atoms with E-state index in [-0.39, 0.29) is 17.9 Å². The molecule has 1 saturated heterocycles. The van der Waals surface area contributed by atoms with Crippen molar-refractivity contribution in [2.24, 2.45) is 5.73 Å². The van der Waals surface area contributed by atoms with E-state index >= 15 is 0 Å². The highest BCUT2D eigenvalue weighted by molar-refractivity contribution is 7.98. The first-order valence-electron chi connectivity index (χ1n) is 7.98. The monoisotopic (exact) mass is 335 g/mol. The SMILES string of the molecule is CSCC[C@H](N)C(=O)NC(C)c1ccc(N2CCCC2=O)cc1. The Kier molecular flexibility index (Phi) is 6.47. The lowest BCUT2D eigenvalue weighted by atomic mass is 10.1. The minimum absolute atomic E-state index is 0.105. The molecule has 5 nitrogen and oxygen atoms in total. The summed E-state index contributed by atoms with van der Waals surface area (Å²) in [5, 5.41) is 2.95. The van der Waals surface area contributed by atoms with Gasteiger partial charge in [-0.05, 0) is 49.5 Å². The maximum atomic E-state index is 12.1. The van der Waals surface area contributed by atoms with Gasteiger partial charge in [0, 0.05) is 18.7 Å². The Labute approximate surface area is 142 Å². The van der Waals surface area contributed by atoms with Crippen molar-refractivity contribution in [1.82, 2.24) is 5.32 Å². The van der Waals surface area contributed by atoms with Crippen LogP contribution in [0.15, 0.2) is 24.3 Å². The van der Waals surface area contributed by atoms with E-state index < -0.39 is 6.04 Å². The first kappa shape index (κ1) is 17.8. The summed E-state index contributed by atoms with van der Waals surface area (Å²) in [6.07, 6.45) is 4.22. The van der Waals surface area contributed by atoms with Crippen molar-refractivity contribution in [2.75, 3.05) is 23.5 Å². The van der Waals surface area contributed by atoms with Crippen LogP contribution in [-0.4, -0.2) is 36.4 Å². The third-order valence-electron chi connectivity index (χ3n) is 4.11. The van der Waals surface area contributed by atoms with Gasteiger partial charge in [-0.3, -0.25) is 9.59 Å². The van der Waals surface area contributed by atoms with Crippen LogP contribution in [-0.2, 0) is 9.59 Å². The van der Waals surface area contributed by atoms with Gasteiger partial charge in [0.05, 0.1) is 12.1 Å². The molecule has 0 spiro atoms. The Hall–Kier alpha value is -1.53. The molecule has 1 unspecified atom stereocenters. The molecule has 1 heterocycles. The van der Waals surface area contributed by atoms with Gasteiger partial charge in [-0.25, -0.2) is 0 Å². The maximum Gasteiger partial charge on any atom is 0.237 e. The number of hydrogen-bond donors (Lipinski definition) is 2. The molecule has 1 aromatic rings. The van der Waals surface area contributed by atoms with Crippen LogP contribution >= 0.6 is 11.8 Å². The lowest BCUT2D eigenvalue weighted by molar-refractivity contribution is -0.123. The second-order valence-electron chi connectivity index (χ2n) is 5.86. The fourth-order valence-electron chi connectivity index (χ4n) is 2.64. The normalized spacial score (nSPS) is 17.2. The number of nitrogens with one attached hydrogen (secondary N) is 1. The molecule has 6 heteroatoms. The Morgan fingerprint density at radius 3 is 2.65 bits per heavy atom. The second-order valence-corrected chi connectivity index (χ2v) is 6.84. The fourth-order valence-corrected chi connectivity index (χ4v) is 3.13. The summed E-state index contributed by atoms with van der Waals surface area (Å²) in [4.78, 5) is 25.6. The smallest absolute Gasteiger partial charge is 0.237 e. The number of amides is 2. The second kappa shape index (κ2) is 8.36. The Morgan fingerprint density at radius 2 is 2.09 bits per heavy atom. The fraction of sp³-hybridized carbons (Fsp3) is 0.529. The molecule has 1 fully saturated rings. The third-order valence-corrected chi connectivity index (χ3v) is 4.75. The predicted molar refractivity (Wildman–Crippen MR) is 95.6 cm³/mol. The van der Waals surface area contributed by atoms with E-state index in [0.29, 0.717) is 12.8 Å². The number of nitrogens with zero attached hydrogens (tertiary/aromatic N) is 1. The highest BCUT2D eigenvalue weighted by Crippen LogP contribution is 2.23. The largest absolute Gasteiger partial charge is 0.348 e. The molecule has 2 atom stereocenters. The molecule has 0 aromatic heterocycles. The van der Waals surface area contributed by atoms with Gasteiger partial charge in [-0.2, -0.15) is 11.8 Å². The quantitative estimate of drug-likeness (QED) is 0.800. The maximum absolute atomic E-state index is 12.1. The first-order chi connectivity index (χ1) is 11.0. The average molecular weight is 335 g/mol. The van der Waals surface area contributed by atoms with Gasteiger partial charge in [0.1, 0.15) is 0 Å². The van der Waals surface area contributed by atoms with E-state index in [9.17, 15) is 9.59 Å². The molecule has 0 bridgehead atoms. The van der Waals surface area contributed by atoms with Crippen LogP contribution in [0.2, 0.25) is 0 Å². The summed E-state index contributed by atoms with van der Waals surface area (Å²) in [5.74, 6) is 0.936.